The molecule has 0 aliphatic heterocycles. The molecule has 1 amide bonds. The average molecular weight is 353 g/mol. The first kappa shape index (κ1) is 16.8. The van der Waals surface area contributed by atoms with Crippen LogP contribution in [0, 0.1) is 11.3 Å². The number of carbonyl (C=O) groups excluding carboxylic acids is 1. The number of nitriles is 1. The van der Waals surface area contributed by atoms with Crippen molar-refractivity contribution in [2.75, 3.05) is 6.54 Å². The Morgan fingerprint density at radius 2 is 2.28 bits per heavy atom. The predicted molar refractivity (Wildman–Crippen MR) is 94.2 cm³/mol. The van der Waals surface area contributed by atoms with Gasteiger partial charge in [-0.25, -0.2) is 9.97 Å². The molecule has 1 N–H and O–H groups in total. The molecule has 0 bridgehead atoms. The van der Waals surface area contributed by atoms with E-state index in [-0.39, 0.29) is 23.7 Å². The Morgan fingerprint density at radius 3 is 3.04 bits per heavy atom. The molecule has 8 heteroatoms. The second-order valence-electron chi connectivity index (χ2n) is 5.42. The van der Waals surface area contributed by atoms with Gasteiger partial charge in [0.05, 0.1) is 12.1 Å². The van der Waals surface area contributed by atoms with Gasteiger partial charge in [0.1, 0.15) is 22.3 Å². The molecule has 0 atom stereocenters. The van der Waals surface area contributed by atoms with Crippen LogP contribution >= 0.6 is 11.3 Å². The van der Waals surface area contributed by atoms with E-state index < -0.39 is 0 Å². The van der Waals surface area contributed by atoms with Gasteiger partial charge in [-0.15, -0.1) is 11.3 Å². The van der Waals surface area contributed by atoms with Gasteiger partial charge in [0.15, 0.2) is 0 Å². The van der Waals surface area contributed by atoms with Crippen molar-refractivity contribution in [3.8, 4) is 6.07 Å². The molecule has 7 nitrogen and oxygen atoms in total. The quantitative estimate of drug-likeness (QED) is 0.758. The summed E-state index contributed by atoms with van der Waals surface area (Å²) in [5.74, 6) is 0.209. The van der Waals surface area contributed by atoms with Crippen LogP contribution in [0.5, 0.6) is 0 Å². The number of amides is 1. The molecular formula is C17H15N5O2S. The van der Waals surface area contributed by atoms with Crippen molar-refractivity contribution in [1.29, 1.82) is 5.26 Å². The molecule has 0 spiro atoms. The van der Waals surface area contributed by atoms with Gasteiger partial charge in [0, 0.05) is 18.3 Å². The number of aromatic amines is 1. The monoisotopic (exact) mass is 353 g/mol. The Hall–Kier alpha value is -3.05. The minimum atomic E-state index is -0.228. The predicted octanol–water partition coefficient (Wildman–Crippen LogP) is 2.30. The summed E-state index contributed by atoms with van der Waals surface area (Å²) in [5, 5.41) is 10.8. The maximum Gasteiger partial charge on any atom is 0.268 e. The Morgan fingerprint density at radius 1 is 1.44 bits per heavy atom. The Bertz CT molecular complexity index is 1020. The summed E-state index contributed by atoms with van der Waals surface area (Å²) in [7, 11) is 0. The molecular weight excluding hydrogens is 338 g/mol. The van der Waals surface area contributed by atoms with Crippen LogP contribution in [0.1, 0.15) is 35.2 Å². The summed E-state index contributed by atoms with van der Waals surface area (Å²) >= 11 is 1.33. The number of rotatable bonds is 5. The van der Waals surface area contributed by atoms with Gasteiger partial charge >= 0.3 is 0 Å². The largest absolute Gasteiger partial charge is 0.331 e. The van der Waals surface area contributed by atoms with Crippen molar-refractivity contribution in [3.05, 3.63) is 57.2 Å². The SMILES string of the molecule is CCCN(Cc1nc2ccsc2c(=O)[nH]1)C(=O)c1ccnc(C#N)c1. The molecule has 0 aliphatic carbocycles. The fraction of sp³-hybridized carbons (Fsp3) is 0.235. The molecule has 0 unspecified atom stereocenters. The van der Waals surface area contributed by atoms with Gasteiger partial charge in [-0.3, -0.25) is 9.59 Å². The summed E-state index contributed by atoms with van der Waals surface area (Å²) in [6.07, 6.45) is 2.19. The van der Waals surface area contributed by atoms with Gasteiger partial charge in [-0.05, 0) is 30.0 Å². The van der Waals surface area contributed by atoms with E-state index in [1.807, 2.05) is 18.4 Å². The number of hydrogen-bond acceptors (Lipinski definition) is 6. The van der Waals surface area contributed by atoms with Crippen LogP contribution in [0.15, 0.2) is 34.6 Å². The zero-order valence-corrected chi connectivity index (χ0v) is 14.3. The molecule has 0 fully saturated rings. The van der Waals surface area contributed by atoms with Crippen LogP contribution in [0.25, 0.3) is 10.2 Å². The van der Waals surface area contributed by atoms with Crippen LogP contribution in [0.2, 0.25) is 0 Å². The lowest BCUT2D eigenvalue weighted by atomic mass is 10.2. The number of pyridine rings is 1. The first-order valence-corrected chi connectivity index (χ1v) is 8.62. The molecule has 126 valence electrons. The second-order valence-corrected chi connectivity index (χ2v) is 6.33. The molecule has 0 aliphatic rings. The van der Waals surface area contributed by atoms with Crippen LogP contribution in [0.4, 0.5) is 0 Å². The highest BCUT2D eigenvalue weighted by Gasteiger charge is 2.18. The van der Waals surface area contributed by atoms with Crippen LogP contribution in [-0.2, 0) is 6.54 Å². The number of thiophene rings is 1. The highest BCUT2D eigenvalue weighted by Crippen LogP contribution is 2.15. The van der Waals surface area contributed by atoms with Crippen molar-refractivity contribution in [1.82, 2.24) is 19.9 Å². The number of H-pyrrole nitrogens is 1. The Labute approximate surface area is 147 Å². The number of carbonyl (C=O) groups is 1. The minimum Gasteiger partial charge on any atom is -0.331 e. The van der Waals surface area contributed by atoms with Gasteiger partial charge in [0.25, 0.3) is 11.5 Å². The van der Waals surface area contributed by atoms with E-state index in [0.29, 0.717) is 28.1 Å². The zero-order valence-electron chi connectivity index (χ0n) is 13.5. The zero-order chi connectivity index (χ0) is 17.8. The first-order valence-electron chi connectivity index (χ1n) is 7.74. The molecule has 3 aromatic heterocycles. The maximum atomic E-state index is 12.8. The molecule has 25 heavy (non-hydrogen) atoms. The first-order chi connectivity index (χ1) is 12.1. The molecule has 3 rings (SSSR count). The summed E-state index contributed by atoms with van der Waals surface area (Å²) < 4.78 is 0.574. The van der Waals surface area contributed by atoms with Gasteiger partial charge in [-0.2, -0.15) is 5.26 Å². The summed E-state index contributed by atoms with van der Waals surface area (Å²) in [6.45, 7) is 2.66. The van der Waals surface area contributed by atoms with E-state index in [1.165, 1.54) is 23.6 Å². The number of nitrogens with one attached hydrogen (secondary N) is 1. The Balaban J connectivity index is 1.90. The summed E-state index contributed by atoms with van der Waals surface area (Å²) in [6, 6.07) is 6.75. The van der Waals surface area contributed by atoms with E-state index in [9.17, 15) is 9.59 Å². The minimum absolute atomic E-state index is 0.188. The van der Waals surface area contributed by atoms with Crippen LogP contribution < -0.4 is 5.56 Å². The molecule has 0 radical (unpaired) electrons. The van der Waals surface area contributed by atoms with E-state index >= 15 is 0 Å². The lowest BCUT2D eigenvalue weighted by Crippen LogP contribution is -2.32. The van der Waals surface area contributed by atoms with Crippen LogP contribution in [0.3, 0.4) is 0 Å². The van der Waals surface area contributed by atoms with Gasteiger partial charge < -0.3 is 9.88 Å². The lowest BCUT2D eigenvalue weighted by molar-refractivity contribution is 0.0738. The molecule has 0 aromatic carbocycles. The van der Waals surface area contributed by atoms with Crippen molar-refractivity contribution in [3.63, 3.8) is 0 Å². The van der Waals surface area contributed by atoms with Crippen LogP contribution in [-0.4, -0.2) is 32.3 Å². The number of aromatic nitrogens is 3. The average Bonchev–Trinajstić information content (AvgIpc) is 3.10. The number of hydrogen-bond donors (Lipinski definition) is 1. The summed E-state index contributed by atoms with van der Waals surface area (Å²) in [5.41, 5.74) is 1.00. The number of nitrogens with zero attached hydrogens (tertiary/aromatic N) is 4. The van der Waals surface area contributed by atoms with E-state index in [0.717, 1.165) is 6.42 Å². The smallest absolute Gasteiger partial charge is 0.268 e. The molecule has 3 aromatic rings. The van der Waals surface area contributed by atoms with Crippen molar-refractivity contribution >= 4 is 27.5 Å². The van der Waals surface area contributed by atoms with E-state index in [2.05, 4.69) is 15.0 Å². The summed E-state index contributed by atoms with van der Waals surface area (Å²) in [4.78, 5) is 37.5. The van der Waals surface area contributed by atoms with E-state index in [1.54, 1.807) is 17.0 Å². The highest BCUT2D eigenvalue weighted by atomic mass is 32.1. The van der Waals surface area contributed by atoms with Crippen molar-refractivity contribution in [2.24, 2.45) is 0 Å². The molecule has 3 heterocycles. The van der Waals surface area contributed by atoms with Crippen molar-refractivity contribution < 1.29 is 4.79 Å². The standard InChI is InChI=1S/C17H15N5O2S/c1-2-6-22(17(24)11-3-5-19-12(8-11)9-18)10-14-20-13-4-7-25-15(13)16(23)21-14/h3-5,7-8H,2,6,10H2,1H3,(H,20,21,23). The number of fused-ring (bicyclic) bond motifs is 1. The molecule has 0 saturated carbocycles. The van der Waals surface area contributed by atoms with Crippen molar-refractivity contribution in [2.45, 2.75) is 19.9 Å². The third-order valence-corrected chi connectivity index (χ3v) is 4.51. The van der Waals surface area contributed by atoms with Gasteiger partial charge in [0.2, 0.25) is 0 Å². The lowest BCUT2D eigenvalue weighted by Gasteiger charge is -2.21. The topological polar surface area (TPSA) is 103 Å². The third-order valence-electron chi connectivity index (χ3n) is 3.61. The fourth-order valence-corrected chi connectivity index (χ4v) is 3.23. The maximum absolute atomic E-state index is 12.8. The van der Waals surface area contributed by atoms with E-state index in [4.69, 9.17) is 5.26 Å². The third kappa shape index (κ3) is 3.56. The highest BCUT2D eigenvalue weighted by molar-refractivity contribution is 7.17. The second kappa shape index (κ2) is 7.23. The molecule has 0 saturated heterocycles. The Kier molecular flexibility index (Phi) is 4.86. The normalized spacial score (nSPS) is 10.6. The van der Waals surface area contributed by atoms with Gasteiger partial charge in [-0.1, -0.05) is 6.92 Å². The fourth-order valence-electron chi connectivity index (χ4n) is 2.51.